The number of nitrogens with one attached hydrogen (secondary N) is 1. The van der Waals surface area contributed by atoms with Crippen LogP contribution in [-0.4, -0.2) is 58.3 Å². The summed E-state index contributed by atoms with van der Waals surface area (Å²) in [6, 6.07) is 9.99. The molecule has 0 spiro atoms. The molecule has 0 bridgehead atoms. The number of methoxy groups -OCH3 is 3. The minimum Gasteiger partial charge on any atom is -0.495 e. The fourth-order valence-corrected chi connectivity index (χ4v) is 6.02. The Balaban J connectivity index is 1.77. The topological polar surface area (TPSA) is 94.2 Å². The first-order valence-corrected chi connectivity index (χ1v) is 13.0. The molecule has 10 heteroatoms. The van der Waals surface area contributed by atoms with Crippen molar-refractivity contribution in [3.8, 4) is 17.2 Å². The molecule has 1 N–H and O–H groups in total. The summed E-state index contributed by atoms with van der Waals surface area (Å²) in [6.07, 6.45) is 2.74. The van der Waals surface area contributed by atoms with Crippen LogP contribution in [0.5, 0.6) is 17.2 Å². The summed E-state index contributed by atoms with van der Waals surface area (Å²) in [6.45, 7) is 2.79. The molecule has 1 atom stereocenters. The first-order chi connectivity index (χ1) is 15.8. The molecular weight excluding hydrogens is 464 g/mol. The molecule has 8 nitrogen and oxygen atoms in total. The lowest BCUT2D eigenvalue weighted by Gasteiger charge is -2.26. The molecule has 0 unspecified atom stereocenters. The van der Waals surface area contributed by atoms with Gasteiger partial charge in [0.15, 0.2) is 11.5 Å². The molecule has 2 aromatic rings. The molecule has 0 radical (unpaired) electrons. The molecule has 3 rings (SSSR count). The van der Waals surface area contributed by atoms with Gasteiger partial charge >= 0.3 is 0 Å². The molecular formula is C23H30N2O6S2. The quantitative estimate of drug-likeness (QED) is 0.527. The van der Waals surface area contributed by atoms with E-state index in [0.29, 0.717) is 36.0 Å². The molecule has 1 aliphatic heterocycles. The second-order valence-electron chi connectivity index (χ2n) is 7.59. The number of thioether (sulfide) groups is 1. The predicted octanol–water partition coefficient (Wildman–Crippen LogP) is 4.01. The van der Waals surface area contributed by atoms with Crippen LogP contribution in [0, 0.1) is 0 Å². The Hall–Kier alpha value is -2.43. The van der Waals surface area contributed by atoms with Crippen LogP contribution in [0.25, 0.3) is 0 Å². The number of benzene rings is 2. The minimum atomic E-state index is -3.63. The summed E-state index contributed by atoms with van der Waals surface area (Å²) in [5.74, 6) is 1.30. The first kappa shape index (κ1) is 25.2. The van der Waals surface area contributed by atoms with Gasteiger partial charge in [-0.1, -0.05) is 6.42 Å². The zero-order valence-electron chi connectivity index (χ0n) is 19.3. The maximum atomic E-state index is 13.1. The molecule has 1 amide bonds. The van der Waals surface area contributed by atoms with Gasteiger partial charge in [-0.2, -0.15) is 4.31 Å². The van der Waals surface area contributed by atoms with Crippen LogP contribution in [0.1, 0.15) is 26.2 Å². The van der Waals surface area contributed by atoms with Crippen LogP contribution in [0.3, 0.4) is 0 Å². The van der Waals surface area contributed by atoms with Crippen LogP contribution in [0.15, 0.2) is 46.2 Å². The Morgan fingerprint density at radius 2 is 1.58 bits per heavy atom. The van der Waals surface area contributed by atoms with Gasteiger partial charge in [0.2, 0.25) is 15.9 Å². The summed E-state index contributed by atoms with van der Waals surface area (Å²) in [7, 11) is 0.963. The first-order valence-electron chi connectivity index (χ1n) is 10.7. The molecule has 33 heavy (non-hydrogen) atoms. The second-order valence-corrected chi connectivity index (χ2v) is 10.9. The van der Waals surface area contributed by atoms with E-state index in [2.05, 4.69) is 5.32 Å². The fraction of sp³-hybridized carbons (Fsp3) is 0.435. The van der Waals surface area contributed by atoms with Gasteiger partial charge in [-0.15, -0.1) is 11.8 Å². The number of nitrogens with zero attached hydrogens (tertiary/aromatic N) is 1. The normalized spacial score (nSPS) is 15.5. The largest absolute Gasteiger partial charge is 0.495 e. The predicted molar refractivity (Wildman–Crippen MR) is 129 cm³/mol. The number of amides is 1. The van der Waals surface area contributed by atoms with Gasteiger partial charge < -0.3 is 19.5 Å². The molecule has 1 saturated heterocycles. The molecule has 1 heterocycles. The molecule has 1 fully saturated rings. The summed E-state index contributed by atoms with van der Waals surface area (Å²) >= 11 is 1.35. The molecule has 0 saturated carbocycles. The minimum absolute atomic E-state index is 0.140. The summed E-state index contributed by atoms with van der Waals surface area (Å²) < 4.78 is 43.5. The van der Waals surface area contributed by atoms with E-state index in [4.69, 9.17) is 14.2 Å². The van der Waals surface area contributed by atoms with E-state index >= 15 is 0 Å². The monoisotopic (exact) mass is 494 g/mol. The SMILES string of the molecule is COc1ccc(S(=O)(=O)N2CCCCC2)cc1NC(=O)[C@@H](C)Sc1ccc(OC)c(OC)c1. The number of carbonyl (C=O) groups is 1. The number of carbonyl (C=O) groups excluding carboxylic acids is 1. The van der Waals surface area contributed by atoms with Crippen molar-refractivity contribution in [2.45, 2.75) is 41.2 Å². The van der Waals surface area contributed by atoms with Crippen molar-refractivity contribution in [3.63, 3.8) is 0 Å². The number of ether oxygens (including phenoxy) is 3. The standard InChI is InChI=1S/C23H30N2O6S2/c1-16(32-17-8-10-21(30-3)22(14-17)31-4)23(26)24-19-15-18(9-11-20(19)29-2)33(27,28)25-12-6-5-7-13-25/h8-11,14-16H,5-7,12-13H2,1-4H3,(H,24,26)/t16-/m1/s1. The Kier molecular flexibility index (Phi) is 8.50. The van der Waals surface area contributed by atoms with E-state index in [9.17, 15) is 13.2 Å². The maximum Gasteiger partial charge on any atom is 0.243 e. The van der Waals surface area contributed by atoms with Gasteiger partial charge in [-0.05, 0) is 56.2 Å². The van der Waals surface area contributed by atoms with Crippen LogP contribution in [0.4, 0.5) is 5.69 Å². The van der Waals surface area contributed by atoms with E-state index in [1.165, 1.54) is 35.3 Å². The van der Waals surface area contributed by atoms with Crippen LogP contribution in [-0.2, 0) is 14.8 Å². The van der Waals surface area contributed by atoms with Crippen molar-refractivity contribution in [3.05, 3.63) is 36.4 Å². The Labute approximate surface area is 199 Å². The average molecular weight is 495 g/mol. The number of sulfonamides is 1. The molecule has 0 aliphatic carbocycles. The van der Waals surface area contributed by atoms with E-state index in [-0.39, 0.29) is 10.8 Å². The molecule has 0 aromatic heterocycles. The lowest BCUT2D eigenvalue weighted by Crippen LogP contribution is -2.35. The lowest BCUT2D eigenvalue weighted by atomic mass is 10.2. The number of rotatable bonds is 9. The van der Waals surface area contributed by atoms with Gasteiger partial charge in [0.1, 0.15) is 5.75 Å². The smallest absolute Gasteiger partial charge is 0.243 e. The highest BCUT2D eigenvalue weighted by molar-refractivity contribution is 8.00. The summed E-state index contributed by atoms with van der Waals surface area (Å²) in [5.41, 5.74) is 0.320. The third-order valence-corrected chi connectivity index (χ3v) is 8.41. The number of hydrogen-bond acceptors (Lipinski definition) is 7. The van der Waals surface area contributed by atoms with Crippen LogP contribution >= 0.6 is 11.8 Å². The average Bonchev–Trinajstić information content (AvgIpc) is 2.84. The van der Waals surface area contributed by atoms with Gasteiger partial charge in [0, 0.05) is 18.0 Å². The van der Waals surface area contributed by atoms with Gasteiger partial charge in [0.25, 0.3) is 0 Å². The zero-order chi connectivity index (χ0) is 24.0. The fourth-order valence-electron chi connectivity index (χ4n) is 3.58. The summed E-state index contributed by atoms with van der Waals surface area (Å²) in [4.78, 5) is 13.9. The number of hydrogen-bond donors (Lipinski definition) is 1. The number of anilines is 1. The Morgan fingerprint density at radius 1 is 0.939 bits per heavy atom. The van der Waals surface area contributed by atoms with Gasteiger partial charge in [0.05, 0.1) is 37.2 Å². The Morgan fingerprint density at radius 3 is 2.21 bits per heavy atom. The zero-order valence-corrected chi connectivity index (χ0v) is 20.9. The highest BCUT2D eigenvalue weighted by atomic mass is 32.2. The third kappa shape index (κ3) is 5.93. The van der Waals surface area contributed by atoms with Crippen molar-refractivity contribution in [2.24, 2.45) is 0 Å². The highest BCUT2D eigenvalue weighted by Crippen LogP contribution is 2.35. The van der Waals surface area contributed by atoms with Crippen LogP contribution in [0.2, 0.25) is 0 Å². The maximum absolute atomic E-state index is 13.1. The third-order valence-electron chi connectivity index (χ3n) is 5.42. The van der Waals surface area contributed by atoms with E-state index in [0.717, 1.165) is 24.2 Å². The van der Waals surface area contributed by atoms with Crippen molar-refractivity contribution < 1.29 is 27.4 Å². The van der Waals surface area contributed by atoms with E-state index in [1.807, 2.05) is 6.07 Å². The Bertz CT molecular complexity index is 1080. The van der Waals surface area contributed by atoms with Gasteiger partial charge in [-0.3, -0.25) is 4.79 Å². The van der Waals surface area contributed by atoms with Crippen molar-refractivity contribution in [2.75, 3.05) is 39.7 Å². The molecule has 180 valence electrons. The van der Waals surface area contributed by atoms with E-state index in [1.54, 1.807) is 39.3 Å². The van der Waals surface area contributed by atoms with Crippen molar-refractivity contribution in [1.29, 1.82) is 0 Å². The van der Waals surface area contributed by atoms with E-state index < -0.39 is 15.3 Å². The lowest BCUT2D eigenvalue weighted by molar-refractivity contribution is -0.115. The second kappa shape index (κ2) is 11.1. The van der Waals surface area contributed by atoms with Crippen molar-refractivity contribution >= 4 is 33.4 Å². The van der Waals surface area contributed by atoms with Gasteiger partial charge in [-0.25, -0.2) is 8.42 Å². The highest BCUT2D eigenvalue weighted by Gasteiger charge is 2.27. The molecule has 2 aromatic carbocycles. The number of piperidine rings is 1. The summed E-state index contributed by atoms with van der Waals surface area (Å²) in [5, 5.41) is 2.36. The van der Waals surface area contributed by atoms with Crippen LogP contribution < -0.4 is 19.5 Å². The molecule has 1 aliphatic rings. The van der Waals surface area contributed by atoms with Crippen molar-refractivity contribution in [1.82, 2.24) is 4.31 Å².